The first-order valence-corrected chi connectivity index (χ1v) is 8.84. The standard InChI is InChI=1S/C19H26N2O2/c22-18-13-17(20-19(23)16-10-4-5-11-16)14-21(18)12-6-9-15-7-2-1-3-8-15/h1-3,7-8,16-17H,4-6,9-14H2,(H,20,23)/t17-/m0/s1. The second kappa shape index (κ2) is 7.62. The molecule has 0 aromatic heterocycles. The summed E-state index contributed by atoms with van der Waals surface area (Å²) in [6, 6.07) is 10.4. The van der Waals surface area contributed by atoms with Crippen molar-refractivity contribution in [3.63, 3.8) is 0 Å². The second-order valence-electron chi connectivity index (χ2n) is 6.82. The minimum absolute atomic E-state index is 0.00678. The third kappa shape index (κ3) is 4.34. The first-order valence-electron chi connectivity index (χ1n) is 8.84. The van der Waals surface area contributed by atoms with Crippen LogP contribution in [0, 0.1) is 5.92 Å². The van der Waals surface area contributed by atoms with E-state index in [1.54, 1.807) is 0 Å². The number of likely N-dealkylation sites (tertiary alicyclic amines) is 1. The Morgan fingerprint density at radius 1 is 1.17 bits per heavy atom. The summed E-state index contributed by atoms with van der Waals surface area (Å²) in [6.45, 7) is 1.45. The highest BCUT2D eigenvalue weighted by molar-refractivity contribution is 5.83. The average molecular weight is 314 g/mol. The van der Waals surface area contributed by atoms with E-state index in [4.69, 9.17) is 0 Å². The van der Waals surface area contributed by atoms with Gasteiger partial charge in [-0.2, -0.15) is 0 Å². The molecule has 1 N–H and O–H groups in total. The van der Waals surface area contributed by atoms with Gasteiger partial charge in [0.1, 0.15) is 0 Å². The fourth-order valence-electron chi connectivity index (χ4n) is 3.71. The highest BCUT2D eigenvalue weighted by atomic mass is 16.2. The lowest BCUT2D eigenvalue weighted by molar-refractivity contribution is -0.127. The van der Waals surface area contributed by atoms with Crippen LogP contribution in [0.5, 0.6) is 0 Å². The third-order valence-corrected chi connectivity index (χ3v) is 5.02. The number of rotatable bonds is 6. The number of hydrogen-bond acceptors (Lipinski definition) is 2. The Balaban J connectivity index is 1.41. The molecule has 1 aromatic rings. The molecule has 2 fully saturated rings. The largest absolute Gasteiger partial charge is 0.351 e. The van der Waals surface area contributed by atoms with Crippen molar-refractivity contribution in [2.75, 3.05) is 13.1 Å². The Morgan fingerprint density at radius 2 is 1.91 bits per heavy atom. The lowest BCUT2D eigenvalue weighted by Crippen LogP contribution is -2.40. The summed E-state index contributed by atoms with van der Waals surface area (Å²) in [7, 11) is 0. The molecule has 23 heavy (non-hydrogen) atoms. The monoisotopic (exact) mass is 314 g/mol. The van der Waals surface area contributed by atoms with Crippen LogP contribution in [0.15, 0.2) is 30.3 Å². The van der Waals surface area contributed by atoms with Crippen LogP contribution in [-0.4, -0.2) is 35.8 Å². The molecule has 2 amide bonds. The van der Waals surface area contributed by atoms with E-state index in [-0.39, 0.29) is 23.8 Å². The first-order chi connectivity index (χ1) is 11.2. The van der Waals surface area contributed by atoms with Gasteiger partial charge in [0, 0.05) is 25.4 Å². The van der Waals surface area contributed by atoms with E-state index in [1.807, 2.05) is 23.1 Å². The molecule has 4 heteroatoms. The zero-order valence-electron chi connectivity index (χ0n) is 13.7. The van der Waals surface area contributed by atoms with Gasteiger partial charge in [-0.05, 0) is 31.2 Å². The zero-order valence-corrected chi connectivity index (χ0v) is 13.7. The lowest BCUT2D eigenvalue weighted by atomic mass is 10.1. The highest BCUT2D eigenvalue weighted by Crippen LogP contribution is 2.25. The maximum atomic E-state index is 12.2. The number of aryl methyl sites for hydroxylation is 1. The Hall–Kier alpha value is -1.84. The third-order valence-electron chi connectivity index (χ3n) is 5.02. The summed E-state index contributed by atoms with van der Waals surface area (Å²) in [5.74, 6) is 0.512. The van der Waals surface area contributed by atoms with Crippen molar-refractivity contribution in [2.45, 2.75) is 51.0 Å². The normalized spacial score (nSPS) is 21.8. The molecule has 1 saturated carbocycles. The Morgan fingerprint density at radius 3 is 2.65 bits per heavy atom. The molecule has 1 aromatic carbocycles. The maximum absolute atomic E-state index is 12.2. The second-order valence-corrected chi connectivity index (χ2v) is 6.82. The van der Waals surface area contributed by atoms with Gasteiger partial charge in [-0.1, -0.05) is 43.2 Å². The van der Waals surface area contributed by atoms with Crippen LogP contribution in [0.3, 0.4) is 0 Å². The fourth-order valence-corrected chi connectivity index (χ4v) is 3.71. The van der Waals surface area contributed by atoms with Gasteiger partial charge in [-0.25, -0.2) is 0 Å². The molecular formula is C19H26N2O2. The van der Waals surface area contributed by atoms with Crippen molar-refractivity contribution >= 4 is 11.8 Å². The van der Waals surface area contributed by atoms with Crippen LogP contribution in [-0.2, 0) is 16.0 Å². The predicted molar refractivity (Wildman–Crippen MR) is 89.8 cm³/mol. The van der Waals surface area contributed by atoms with Gasteiger partial charge in [0.15, 0.2) is 0 Å². The molecule has 3 rings (SSSR count). The predicted octanol–water partition coefficient (Wildman–Crippen LogP) is 2.53. The van der Waals surface area contributed by atoms with Crippen molar-refractivity contribution in [1.29, 1.82) is 0 Å². The van der Waals surface area contributed by atoms with Crippen LogP contribution in [0.1, 0.15) is 44.1 Å². The molecule has 0 unspecified atom stereocenters. The van der Waals surface area contributed by atoms with E-state index >= 15 is 0 Å². The molecule has 0 radical (unpaired) electrons. The van der Waals surface area contributed by atoms with Crippen LogP contribution in [0.25, 0.3) is 0 Å². The van der Waals surface area contributed by atoms with Crippen molar-refractivity contribution in [3.05, 3.63) is 35.9 Å². The Bertz CT molecular complexity index is 538. The smallest absolute Gasteiger partial charge is 0.224 e. The van der Waals surface area contributed by atoms with Crippen LogP contribution in [0.2, 0.25) is 0 Å². The maximum Gasteiger partial charge on any atom is 0.224 e. The number of nitrogens with one attached hydrogen (secondary N) is 1. The quantitative estimate of drug-likeness (QED) is 0.877. The summed E-state index contributed by atoms with van der Waals surface area (Å²) in [5, 5.41) is 3.09. The summed E-state index contributed by atoms with van der Waals surface area (Å²) >= 11 is 0. The summed E-state index contributed by atoms with van der Waals surface area (Å²) < 4.78 is 0. The average Bonchev–Trinajstić information content (AvgIpc) is 3.19. The molecule has 2 aliphatic rings. The van der Waals surface area contributed by atoms with Gasteiger partial charge in [0.2, 0.25) is 11.8 Å². The van der Waals surface area contributed by atoms with Gasteiger partial charge in [0.05, 0.1) is 6.04 Å². The van der Waals surface area contributed by atoms with E-state index in [0.717, 1.165) is 45.1 Å². The van der Waals surface area contributed by atoms with E-state index in [0.29, 0.717) is 13.0 Å². The molecule has 1 heterocycles. The van der Waals surface area contributed by atoms with Crippen molar-refractivity contribution < 1.29 is 9.59 Å². The molecule has 1 atom stereocenters. The molecule has 1 saturated heterocycles. The molecule has 0 bridgehead atoms. The molecule has 1 aliphatic carbocycles. The van der Waals surface area contributed by atoms with Crippen molar-refractivity contribution in [1.82, 2.24) is 10.2 Å². The van der Waals surface area contributed by atoms with E-state index in [2.05, 4.69) is 17.4 Å². The van der Waals surface area contributed by atoms with Crippen molar-refractivity contribution in [2.24, 2.45) is 5.92 Å². The summed E-state index contributed by atoms with van der Waals surface area (Å²) in [6.07, 6.45) is 6.76. The SMILES string of the molecule is O=C(N[C@H]1CC(=O)N(CCCc2ccccc2)C1)C1CCCC1. The molecule has 0 spiro atoms. The van der Waals surface area contributed by atoms with Gasteiger partial charge >= 0.3 is 0 Å². The Kier molecular flexibility index (Phi) is 5.31. The highest BCUT2D eigenvalue weighted by Gasteiger charge is 2.32. The summed E-state index contributed by atoms with van der Waals surface area (Å²) in [4.78, 5) is 26.2. The fraction of sp³-hybridized carbons (Fsp3) is 0.579. The van der Waals surface area contributed by atoms with Gasteiger partial charge in [-0.3, -0.25) is 9.59 Å². The van der Waals surface area contributed by atoms with Gasteiger partial charge in [0.25, 0.3) is 0 Å². The van der Waals surface area contributed by atoms with E-state index < -0.39 is 0 Å². The number of carbonyl (C=O) groups excluding carboxylic acids is 2. The molecule has 4 nitrogen and oxygen atoms in total. The molecule has 124 valence electrons. The van der Waals surface area contributed by atoms with Crippen LogP contribution < -0.4 is 5.32 Å². The van der Waals surface area contributed by atoms with Crippen molar-refractivity contribution in [3.8, 4) is 0 Å². The lowest BCUT2D eigenvalue weighted by Gasteiger charge is -2.18. The number of hydrogen-bond donors (Lipinski definition) is 1. The minimum atomic E-state index is 0.00678. The number of amides is 2. The van der Waals surface area contributed by atoms with Crippen LogP contribution >= 0.6 is 0 Å². The minimum Gasteiger partial charge on any atom is -0.351 e. The van der Waals surface area contributed by atoms with Gasteiger partial charge in [-0.15, -0.1) is 0 Å². The first kappa shape index (κ1) is 16.0. The topological polar surface area (TPSA) is 49.4 Å². The van der Waals surface area contributed by atoms with Gasteiger partial charge < -0.3 is 10.2 Å². The zero-order chi connectivity index (χ0) is 16.1. The summed E-state index contributed by atoms with van der Waals surface area (Å²) in [5.41, 5.74) is 1.31. The number of benzene rings is 1. The molecular weight excluding hydrogens is 288 g/mol. The molecule has 1 aliphatic heterocycles. The van der Waals surface area contributed by atoms with E-state index in [9.17, 15) is 9.59 Å². The number of nitrogens with zero attached hydrogens (tertiary/aromatic N) is 1. The number of carbonyl (C=O) groups is 2. The van der Waals surface area contributed by atoms with E-state index in [1.165, 1.54) is 5.56 Å². The van der Waals surface area contributed by atoms with Crippen LogP contribution in [0.4, 0.5) is 0 Å². The Labute approximate surface area is 138 Å².